The summed E-state index contributed by atoms with van der Waals surface area (Å²) < 4.78 is 0. The van der Waals surface area contributed by atoms with Crippen molar-refractivity contribution >= 4 is 11.3 Å². The van der Waals surface area contributed by atoms with Gasteiger partial charge in [-0.3, -0.25) is 0 Å². The molecule has 17 heavy (non-hydrogen) atoms. The summed E-state index contributed by atoms with van der Waals surface area (Å²) in [7, 11) is 0. The zero-order valence-electron chi connectivity index (χ0n) is 11.2. The van der Waals surface area contributed by atoms with Crippen molar-refractivity contribution in [3.63, 3.8) is 0 Å². The van der Waals surface area contributed by atoms with E-state index in [1.165, 1.54) is 4.88 Å². The van der Waals surface area contributed by atoms with Crippen LogP contribution in [0.2, 0.25) is 0 Å². The minimum Gasteiger partial charge on any atom is -0.309 e. The summed E-state index contributed by atoms with van der Waals surface area (Å²) in [5, 5.41) is 14.7. The maximum absolute atomic E-state index is 8.98. The quantitative estimate of drug-likeness (QED) is 0.829. The summed E-state index contributed by atoms with van der Waals surface area (Å²) in [6, 6.07) is 7.02. The van der Waals surface area contributed by atoms with Gasteiger partial charge in [-0.2, -0.15) is 5.26 Å². The van der Waals surface area contributed by atoms with Gasteiger partial charge >= 0.3 is 0 Å². The summed E-state index contributed by atoms with van der Waals surface area (Å²) in [5.41, 5.74) is -0.232. The van der Waals surface area contributed by atoms with E-state index < -0.39 is 0 Å². The smallest absolute Gasteiger partial charge is 0.0684 e. The molecule has 1 unspecified atom stereocenters. The van der Waals surface area contributed by atoms with Crippen LogP contribution in [0.3, 0.4) is 0 Å². The SMILES string of the molecule is CC(C)C(NCCC(C)(C)C#N)c1cccs1. The molecule has 3 heteroatoms. The Balaban J connectivity index is 2.51. The molecule has 0 bridgehead atoms. The lowest BCUT2D eigenvalue weighted by Gasteiger charge is -2.23. The van der Waals surface area contributed by atoms with Crippen molar-refractivity contribution in [3.05, 3.63) is 22.4 Å². The fourth-order valence-corrected chi connectivity index (χ4v) is 2.70. The third-order valence-electron chi connectivity index (χ3n) is 2.93. The molecule has 0 aliphatic heterocycles. The second-order valence-electron chi connectivity index (χ2n) is 5.44. The van der Waals surface area contributed by atoms with Crippen LogP contribution >= 0.6 is 11.3 Å². The molecule has 1 aromatic heterocycles. The molecule has 1 N–H and O–H groups in total. The number of nitrogens with zero attached hydrogens (tertiary/aromatic N) is 1. The standard InChI is InChI=1S/C14H22N2S/c1-11(2)13(12-6-5-9-17-12)16-8-7-14(3,4)10-15/h5-6,9,11,13,16H,7-8H2,1-4H3. The van der Waals surface area contributed by atoms with Gasteiger partial charge in [0.2, 0.25) is 0 Å². The van der Waals surface area contributed by atoms with Gasteiger partial charge in [-0.15, -0.1) is 11.3 Å². The first kappa shape index (κ1) is 14.2. The van der Waals surface area contributed by atoms with Crippen LogP contribution < -0.4 is 5.32 Å². The lowest BCUT2D eigenvalue weighted by atomic mass is 9.91. The minimum absolute atomic E-state index is 0.232. The van der Waals surface area contributed by atoms with Gasteiger partial charge in [0.15, 0.2) is 0 Å². The van der Waals surface area contributed by atoms with E-state index in [0.29, 0.717) is 12.0 Å². The topological polar surface area (TPSA) is 35.8 Å². The summed E-state index contributed by atoms with van der Waals surface area (Å²) in [5.74, 6) is 0.568. The van der Waals surface area contributed by atoms with Crippen molar-refractivity contribution in [2.75, 3.05) is 6.54 Å². The van der Waals surface area contributed by atoms with Crippen LogP contribution in [-0.4, -0.2) is 6.54 Å². The predicted octanol–water partition coefficient (Wildman–Crippen LogP) is 3.97. The Morgan fingerprint density at radius 3 is 2.65 bits per heavy atom. The van der Waals surface area contributed by atoms with E-state index in [-0.39, 0.29) is 5.41 Å². The number of hydrogen-bond donors (Lipinski definition) is 1. The third kappa shape index (κ3) is 4.49. The van der Waals surface area contributed by atoms with Gasteiger partial charge in [-0.1, -0.05) is 19.9 Å². The van der Waals surface area contributed by atoms with Crippen molar-refractivity contribution < 1.29 is 0 Å². The van der Waals surface area contributed by atoms with Gasteiger partial charge < -0.3 is 5.32 Å². The first-order chi connectivity index (χ1) is 7.96. The molecule has 1 heterocycles. The number of thiophene rings is 1. The molecule has 2 nitrogen and oxygen atoms in total. The maximum Gasteiger partial charge on any atom is 0.0684 e. The Labute approximate surface area is 109 Å². The molecule has 1 rings (SSSR count). The molecule has 0 radical (unpaired) electrons. The zero-order chi connectivity index (χ0) is 12.9. The van der Waals surface area contributed by atoms with Crippen LogP contribution in [0.25, 0.3) is 0 Å². The molecule has 0 saturated heterocycles. The van der Waals surface area contributed by atoms with Gasteiger partial charge in [-0.25, -0.2) is 0 Å². The number of rotatable bonds is 6. The second kappa shape index (κ2) is 6.18. The van der Waals surface area contributed by atoms with Gasteiger partial charge in [-0.05, 0) is 44.2 Å². The fraction of sp³-hybridized carbons (Fsp3) is 0.643. The highest BCUT2D eigenvalue weighted by Gasteiger charge is 2.19. The molecule has 0 aliphatic carbocycles. The molecule has 1 atom stereocenters. The number of nitriles is 1. The van der Waals surface area contributed by atoms with Gasteiger partial charge in [0.25, 0.3) is 0 Å². The van der Waals surface area contributed by atoms with Crippen molar-refractivity contribution in [2.45, 2.75) is 40.2 Å². The molecule has 94 valence electrons. The lowest BCUT2D eigenvalue weighted by Crippen LogP contribution is -2.28. The molecule has 0 saturated carbocycles. The molecule has 1 aromatic rings. The number of hydrogen-bond acceptors (Lipinski definition) is 3. The Bertz CT molecular complexity index is 360. The predicted molar refractivity (Wildman–Crippen MR) is 73.9 cm³/mol. The van der Waals surface area contributed by atoms with Crippen molar-refractivity contribution in [1.82, 2.24) is 5.32 Å². The van der Waals surface area contributed by atoms with Crippen LogP contribution in [0, 0.1) is 22.7 Å². The fourth-order valence-electron chi connectivity index (χ4n) is 1.73. The van der Waals surface area contributed by atoms with E-state index in [2.05, 4.69) is 42.7 Å². The van der Waals surface area contributed by atoms with E-state index in [1.54, 1.807) is 11.3 Å². The Kier molecular flexibility index (Phi) is 5.17. The van der Waals surface area contributed by atoms with Gasteiger partial charge in [0, 0.05) is 10.9 Å². The van der Waals surface area contributed by atoms with Gasteiger partial charge in [0.1, 0.15) is 0 Å². The van der Waals surface area contributed by atoms with Gasteiger partial charge in [0.05, 0.1) is 11.5 Å². The average Bonchev–Trinajstić information content (AvgIpc) is 2.77. The molecule has 0 amide bonds. The Hall–Kier alpha value is -0.850. The van der Waals surface area contributed by atoms with E-state index in [0.717, 1.165) is 13.0 Å². The van der Waals surface area contributed by atoms with Crippen LogP contribution in [0.5, 0.6) is 0 Å². The molecular weight excluding hydrogens is 228 g/mol. The third-order valence-corrected chi connectivity index (χ3v) is 3.89. The summed E-state index contributed by atoms with van der Waals surface area (Å²) in [6.45, 7) is 9.33. The minimum atomic E-state index is -0.232. The highest BCUT2D eigenvalue weighted by molar-refractivity contribution is 7.10. The van der Waals surface area contributed by atoms with E-state index in [1.807, 2.05) is 13.8 Å². The van der Waals surface area contributed by atoms with E-state index in [4.69, 9.17) is 5.26 Å². The van der Waals surface area contributed by atoms with Crippen LogP contribution in [0.1, 0.15) is 45.0 Å². The largest absolute Gasteiger partial charge is 0.309 e. The molecule has 0 aliphatic rings. The van der Waals surface area contributed by atoms with E-state index >= 15 is 0 Å². The van der Waals surface area contributed by atoms with Crippen LogP contribution in [-0.2, 0) is 0 Å². The normalized spacial score (nSPS) is 13.6. The van der Waals surface area contributed by atoms with E-state index in [9.17, 15) is 0 Å². The van der Waals surface area contributed by atoms with Crippen molar-refractivity contribution in [3.8, 4) is 6.07 Å². The number of nitrogens with one attached hydrogen (secondary N) is 1. The first-order valence-corrected chi connectivity index (χ1v) is 7.02. The monoisotopic (exact) mass is 250 g/mol. The first-order valence-electron chi connectivity index (χ1n) is 6.14. The van der Waals surface area contributed by atoms with Crippen LogP contribution in [0.4, 0.5) is 0 Å². The second-order valence-corrected chi connectivity index (χ2v) is 6.42. The van der Waals surface area contributed by atoms with Crippen molar-refractivity contribution in [2.24, 2.45) is 11.3 Å². The Morgan fingerprint density at radius 2 is 2.18 bits per heavy atom. The Morgan fingerprint density at radius 1 is 1.47 bits per heavy atom. The maximum atomic E-state index is 8.98. The molecule has 0 aromatic carbocycles. The highest BCUT2D eigenvalue weighted by atomic mass is 32.1. The van der Waals surface area contributed by atoms with Crippen molar-refractivity contribution in [1.29, 1.82) is 5.26 Å². The molecule has 0 fully saturated rings. The summed E-state index contributed by atoms with van der Waals surface area (Å²) >= 11 is 1.80. The summed E-state index contributed by atoms with van der Waals surface area (Å²) in [4.78, 5) is 1.38. The van der Waals surface area contributed by atoms with Crippen LogP contribution in [0.15, 0.2) is 17.5 Å². The summed E-state index contributed by atoms with van der Waals surface area (Å²) in [6.07, 6.45) is 0.887. The molecule has 0 spiro atoms. The zero-order valence-corrected chi connectivity index (χ0v) is 12.0. The highest BCUT2D eigenvalue weighted by Crippen LogP contribution is 2.26. The average molecular weight is 250 g/mol. The lowest BCUT2D eigenvalue weighted by molar-refractivity contribution is 0.370. The molecular formula is C14H22N2S.